The lowest BCUT2D eigenvalue weighted by Crippen LogP contribution is -2.28. The van der Waals surface area contributed by atoms with Crippen LogP contribution in [0.5, 0.6) is 0 Å². The van der Waals surface area contributed by atoms with Crippen molar-refractivity contribution in [3.8, 4) is 0 Å². The molecule has 0 aliphatic heterocycles. The number of nitrogens with two attached hydrogens (primary N) is 1. The zero-order valence-electron chi connectivity index (χ0n) is 10.3. The highest BCUT2D eigenvalue weighted by Gasteiger charge is 2.13. The van der Waals surface area contributed by atoms with E-state index in [-0.39, 0.29) is 6.04 Å². The summed E-state index contributed by atoms with van der Waals surface area (Å²) in [5.74, 6) is 5.65. The average Bonchev–Trinajstić information content (AvgIpc) is 2.79. The van der Waals surface area contributed by atoms with Gasteiger partial charge in [0, 0.05) is 15.9 Å². The summed E-state index contributed by atoms with van der Waals surface area (Å²) in [6.07, 6.45) is 2.02. The Labute approximate surface area is 120 Å². The molecule has 0 aliphatic carbocycles. The van der Waals surface area contributed by atoms with Crippen molar-refractivity contribution in [2.45, 2.75) is 25.8 Å². The van der Waals surface area contributed by atoms with Crippen molar-refractivity contribution in [2.24, 2.45) is 5.84 Å². The Hall–Kier alpha value is -0.680. The van der Waals surface area contributed by atoms with Gasteiger partial charge in [-0.25, -0.2) is 0 Å². The number of aryl methyl sites for hydroxylation is 2. The first-order valence-corrected chi connectivity index (χ1v) is 7.67. The van der Waals surface area contributed by atoms with Gasteiger partial charge in [-0.15, -0.1) is 0 Å². The molecule has 2 aromatic rings. The van der Waals surface area contributed by atoms with Gasteiger partial charge in [-0.2, -0.15) is 11.3 Å². The molecule has 1 atom stereocenters. The van der Waals surface area contributed by atoms with Crippen molar-refractivity contribution in [1.82, 2.24) is 5.43 Å². The third-order valence-electron chi connectivity index (χ3n) is 3.06. The van der Waals surface area contributed by atoms with Crippen molar-refractivity contribution in [3.05, 3.63) is 56.2 Å². The van der Waals surface area contributed by atoms with E-state index in [9.17, 15) is 0 Å². The highest BCUT2D eigenvalue weighted by atomic mass is 79.9. The van der Waals surface area contributed by atoms with E-state index in [0.29, 0.717) is 0 Å². The second kappa shape index (κ2) is 6.48. The average molecular weight is 325 g/mol. The largest absolute Gasteiger partial charge is 0.271 e. The highest BCUT2D eigenvalue weighted by molar-refractivity contribution is 9.10. The predicted octanol–water partition coefficient (Wildman–Crippen LogP) is 3.96. The zero-order valence-corrected chi connectivity index (χ0v) is 12.7. The minimum absolute atomic E-state index is 0.201. The summed E-state index contributed by atoms with van der Waals surface area (Å²) in [5.41, 5.74) is 6.80. The Morgan fingerprint density at radius 3 is 2.56 bits per heavy atom. The Morgan fingerprint density at radius 2 is 2.00 bits per heavy atom. The first-order chi connectivity index (χ1) is 8.70. The quantitative estimate of drug-likeness (QED) is 0.645. The van der Waals surface area contributed by atoms with Crippen molar-refractivity contribution >= 4 is 27.3 Å². The molecular weight excluding hydrogens is 308 g/mol. The number of rotatable bonds is 5. The number of halogens is 1. The van der Waals surface area contributed by atoms with Crippen LogP contribution in [0.3, 0.4) is 0 Å². The van der Waals surface area contributed by atoms with Gasteiger partial charge in [0.05, 0.1) is 0 Å². The molecule has 96 valence electrons. The molecule has 2 rings (SSSR count). The molecule has 0 fully saturated rings. The number of hydrogen-bond donors (Lipinski definition) is 2. The van der Waals surface area contributed by atoms with Gasteiger partial charge in [0.15, 0.2) is 0 Å². The van der Waals surface area contributed by atoms with Crippen LogP contribution in [0.25, 0.3) is 0 Å². The molecule has 2 nitrogen and oxygen atoms in total. The van der Waals surface area contributed by atoms with E-state index in [1.54, 1.807) is 11.3 Å². The van der Waals surface area contributed by atoms with Crippen LogP contribution in [0.15, 0.2) is 39.5 Å². The van der Waals surface area contributed by atoms with Crippen LogP contribution in [0.1, 0.15) is 29.2 Å². The van der Waals surface area contributed by atoms with Crippen molar-refractivity contribution in [1.29, 1.82) is 0 Å². The summed E-state index contributed by atoms with van der Waals surface area (Å²) in [6, 6.07) is 8.88. The number of thiophene rings is 1. The van der Waals surface area contributed by atoms with E-state index in [0.717, 1.165) is 17.3 Å². The molecule has 0 amide bonds. The molecule has 0 radical (unpaired) electrons. The fraction of sp³-hybridized carbons (Fsp3) is 0.286. The van der Waals surface area contributed by atoms with Gasteiger partial charge in [0.1, 0.15) is 0 Å². The van der Waals surface area contributed by atoms with Gasteiger partial charge in [-0.3, -0.25) is 11.3 Å². The molecule has 0 spiro atoms. The van der Waals surface area contributed by atoms with E-state index in [1.807, 2.05) is 0 Å². The molecular formula is C14H17BrN2S. The Kier molecular flexibility index (Phi) is 4.95. The minimum atomic E-state index is 0.201. The van der Waals surface area contributed by atoms with E-state index in [4.69, 9.17) is 5.84 Å². The molecule has 0 bridgehead atoms. The van der Waals surface area contributed by atoms with Gasteiger partial charge in [0.25, 0.3) is 0 Å². The van der Waals surface area contributed by atoms with Crippen LogP contribution in [-0.4, -0.2) is 0 Å². The highest BCUT2D eigenvalue weighted by Crippen LogP contribution is 2.29. The summed E-state index contributed by atoms with van der Waals surface area (Å²) in [4.78, 5) is 0. The second-order valence-electron chi connectivity index (χ2n) is 4.42. The summed E-state index contributed by atoms with van der Waals surface area (Å²) < 4.78 is 1.14. The molecule has 0 saturated heterocycles. The van der Waals surface area contributed by atoms with Crippen molar-refractivity contribution in [3.63, 3.8) is 0 Å². The SMILES string of the molecule is Cc1ccc(CCC(NN)c2cscc2Br)cc1. The fourth-order valence-corrected chi connectivity index (χ4v) is 3.56. The van der Waals surface area contributed by atoms with E-state index >= 15 is 0 Å². The first kappa shape index (κ1) is 13.7. The van der Waals surface area contributed by atoms with Crippen LogP contribution < -0.4 is 11.3 Å². The summed E-state index contributed by atoms with van der Waals surface area (Å²) in [6.45, 7) is 2.11. The topological polar surface area (TPSA) is 38.0 Å². The lowest BCUT2D eigenvalue weighted by Gasteiger charge is -2.15. The molecule has 18 heavy (non-hydrogen) atoms. The summed E-state index contributed by atoms with van der Waals surface area (Å²) >= 11 is 5.25. The summed E-state index contributed by atoms with van der Waals surface area (Å²) in [5, 5.41) is 4.23. The van der Waals surface area contributed by atoms with Crippen molar-refractivity contribution in [2.75, 3.05) is 0 Å². The van der Waals surface area contributed by atoms with Crippen LogP contribution in [0.2, 0.25) is 0 Å². The number of hydrogen-bond acceptors (Lipinski definition) is 3. The van der Waals surface area contributed by atoms with E-state index < -0.39 is 0 Å². The predicted molar refractivity (Wildman–Crippen MR) is 81.6 cm³/mol. The number of hydrazine groups is 1. The smallest absolute Gasteiger partial charge is 0.0482 e. The van der Waals surface area contributed by atoms with Crippen molar-refractivity contribution < 1.29 is 0 Å². The zero-order chi connectivity index (χ0) is 13.0. The molecule has 1 aromatic heterocycles. The van der Waals surface area contributed by atoms with Gasteiger partial charge in [-0.05, 0) is 52.2 Å². The summed E-state index contributed by atoms with van der Waals surface area (Å²) in [7, 11) is 0. The van der Waals surface area contributed by atoms with Gasteiger partial charge >= 0.3 is 0 Å². The third-order valence-corrected chi connectivity index (χ3v) is 4.81. The fourth-order valence-electron chi connectivity index (χ4n) is 1.93. The van der Waals surface area contributed by atoms with Crippen LogP contribution in [-0.2, 0) is 6.42 Å². The lowest BCUT2D eigenvalue weighted by atomic mass is 10.0. The molecule has 3 N–H and O–H groups in total. The Balaban J connectivity index is 2.00. The monoisotopic (exact) mass is 324 g/mol. The van der Waals surface area contributed by atoms with E-state index in [1.165, 1.54) is 16.7 Å². The normalized spacial score (nSPS) is 12.6. The molecule has 1 aromatic carbocycles. The maximum Gasteiger partial charge on any atom is 0.0482 e. The maximum absolute atomic E-state index is 5.65. The van der Waals surface area contributed by atoms with Gasteiger partial charge in [-0.1, -0.05) is 29.8 Å². The first-order valence-electron chi connectivity index (χ1n) is 5.94. The molecule has 1 heterocycles. The molecule has 4 heteroatoms. The number of nitrogens with one attached hydrogen (secondary N) is 1. The van der Waals surface area contributed by atoms with Crippen LogP contribution >= 0.6 is 27.3 Å². The Bertz CT molecular complexity index is 493. The van der Waals surface area contributed by atoms with Gasteiger partial charge in [0.2, 0.25) is 0 Å². The lowest BCUT2D eigenvalue weighted by molar-refractivity contribution is 0.516. The van der Waals surface area contributed by atoms with E-state index in [2.05, 4.69) is 63.3 Å². The minimum Gasteiger partial charge on any atom is -0.271 e. The molecule has 0 saturated carbocycles. The maximum atomic E-state index is 5.65. The second-order valence-corrected chi connectivity index (χ2v) is 6.02. The van der Waals surface area contributed by atoms with Crippen LogP contribution in [0, 0.1) is 6.92 Å². The molecule has 1 unspecified atom stereocenters. The van der Waals surface area contributed by atoms with Crippen LogP contribution in [0.4, 0.5) is 0 Å². The molecule has 0 aliphatic rings. The third kappa shape index (κ3) is 3.42. The number of benzene rings is 1. The Morgan fingerprint density at radius 1 is 1.28 bits per heavy atom. The standard InChI is InChI=1S/C14H17BrN2S/c1-10-2-4-11(5-3-10)6-7-14(17-16)12-8-18-9-13(12)15/h2-5,8-9,14,17H,6-7,16H2,1H3. The van der Waals surface area contributed by atoms with Gasteiger partial charge < -0.3 is 0 Å².